The fourth-order valence-electron chi connectivity index (χ4n) is 2.65. The first-order chi connectivity index (χ1) is 9.33. The van der Waals surface area contributed by atoms with E-state index < -0.39 is 0 Å². The average Bonchev–Trinajstić information content (AvgIpc) is 3.06. The molecule has 0 radical (unpaired) electrons. The van der Waals surface area contributed by atoms with Gasteiger partial charge in [0.1, 0.15) is 5.15 Å². The number of imidazole rings is 1. The Kier molecular flexibility index (Phi) is 4.21. The number of halogens is 1. The van der Waals surface area contributed by atoms with E-state index in [0.29, 0.717) is 5.15 Å². The molecule has 19 heavy (non-hydrogen) atoms. The van der Waals surface area contributed by atoms with Gasteiger partial charge in [0.05, 0.1) is 4.88 Å². The second kappa shape index (κ2) is 6.07. The van der Waals surface area contributed by atoms with Gasteiger partial charge >= 0.3 is 0 Å². The summed E-state index contributed by atoms with van der Waals surface area (Å²) < 4.78 is 2.20. The topological polar surface area (TPSA) is 29.9 Å². The summed E-state index contributed by atoms with van der Waals surface area (Å²) in [4.78, 5) is 5.64. The lowest BCUT2D eigenvalue weighted by atomic mass is 9.95. The van der Waals surface area contributed by atoms with Crippen LogP contribution in [0.25, 0.3) is 10.7 Å². The van der Waals surface area contributed by atoms with Gasteiger partial charge in [-0.15, -0.1) is 11.3 Å². The molecule has 0 aliphatic carbocycles. The highest BCUT2D eigenvalue weighted by molar-refractivity contribution is 7.13. The summed E-state index contributed by atoms with van der Waals surface area (Å²) in [5, 5.41) is 6.08. The Labute approximate surface area is 122 Å². The van der Waals surface area contributed by atoms with Crippen LogP contribution < -0.4 is 5.32 Å². The van der Waals surface area contributed by atoms with Crippen molar-refractivity contribution in [3.8, 4) is 10.7 Å². The van der Waals surface area contributed by atoms with Crippen molar-refractivity contribution in [2.45, 2.75) is 25.8 Å². The molecule has 0 atom stereocenters. The molecule has 0 bridgehead atoms. The van der Waals surface area contributed by atoms with Gasteiger partial charge in [0.2, 0.25) is 0 Å². The molecule has 0 spiro atoms. The minimum absolute atomic E-state index is 0.591. The first-order valence-electron chi connectivity index (χ1n) is 6.80. The van der Waals surface area contributed by atoms with Crippen LogP contribution in [0.3, 0.4) is 0 Å². The van der Waals surface area contributed by atoms with Crippen molar-refractivity contribution in [1.29, 1.82) is 0 Å². The average molecular weight is 296 g/mol. The summed E-state index contributed by atoms with van der Waals surface area (Å²) in [6.07, 6.45) is 5.75. The summed E-state index contributed by atoms with van der Waals surface area (Å²) >= 11 is 7.78. The zero-order valence-electron chi connectivity index (χ0n) is 10.8. The molecular formula is C14H18ClN3S. The van der Waals surface area contributed by atoms with Crippen LogP contribution in [0.15, 0.2) is 23.7 Å². The summed E-state index contributed by atoms with van der Waals surface area (Å²) in [6.45, 7) is 3.33. The predicted octanol–water partition coefficient (Wildman–Crippen LogP) is 3.65. The minimum atomic E-state index is 0.591. The molecule has 1 aliphatic rings. The molecule has 1 fully saturated rings. The number of rotatable bonds is 4. The first-order valence-corrected chi connectivity index (χ1v) is 8.06. The fourth-order valence-corrected chi connectivity index (χ4v) is 3.58. The highest BCUT2D eigenvalue weighted by atomic mass is 35.5. The molecule has 2 aromatic heterocycles. The number of hydrogen-bond donors (Lipinski definition) is 1. The Hall–Kier alpha value is -0.840. The molecule has 0 amide bonds. The van der Waals surface area contributed by atoms with Gasteiger partial charge in [0.15, 0.2) is 5.82 Å². The SMILES string of the molecule is Clc1cn(CCC2CCNCC2)c(-c2cccs2)n1. The second-order valence-corrected chi connectivity index (χ2v) is 6.37. The van der Waals surface area contributed by atoms with Crippen LogP contribution in [0.1, 0.15) is 19.3 Å². The summed E-state index contributed by atoms with van der Waals surface area (Å²) in [7, 11) is 0. The van der Waals surface area contributed by atoms with Crippen LogP contribution in [-0.2, 0) is 6.54 Å². The molecule has 3 heterocycles. The number of piperidine rings is 1. The Bertz CT molecular complexity index is 515. The zero-order valence-corrected chi connectivity index (χ0v) is 12.4. The number of nitrogens with zero attached hydrogens (tertiary/aromatic N) is 2. The van der Waals surface area contributed by atoms with E-state index in [4.69, 9.17) is 11.6 Å². The molecule has 0 aromatic carbocycles. The van der Waals surface area contributed by atoms with Crippen molar-refractivity contribution >= 4 is 22.9 Å². The van der Waals surface area contributed by atoms with Gasteiger partial charge in [0.25, 0.3) is 0 Å². The lowest BCUT2D eigenvalue weighted by Gasteiger charge is -2.22. The number of hydrogen-bond acceptors (Lipinski definition) is 3. The second-order valence-electron chi connectivity index (χ2n) is 5.04. The molecule has 1 aliphatic heterocycles. The van der Waals surface area contributed by atoms with Crippen LogP contribution in [-0.4, -0.2) is 22.6 Å². The van der Waals surface area contributed by atoms with Crippen molar-refractivity contribution in [2.24, 2.45) is 5.92 Å². The van der Waals surface area contributed by atoms with Gasteiger partial charge in [-0.25, -0.2) is 4.98 Å². The van der Waals surface area contributed by atoms with E-state index in [1.807, 2.05) is 6.20 Å². The smallest absolute Gasteiger partial charge is 0.151 e. The molecule has 5 heteroatoms. The highest BCUT2D eigenvalue weighted by Gasteiger charge is 2.15. The third-order valence-corrected chi connectivity index (χ3v) is 4.77. The molecule has 3 nitrogen and oxygen atoms in total. The quantitative estimate of drug-likeness (QED) is 0.933. The Morgan fingerprint density at radius 2 is 2.26 bits per heavy atom. The van der Waals surface area contributed by atoms with Crippen molar-refractivity contribution in [3.63, 3.8) is 0 Å². The van der Waals surface area contributed by atoms with E-state index in [0.717, 1.165) is 31.4 Å². The fraction of sp³-hybridized carbons (Fsp3) is 0.500. The van der Waals surface area contributed by atoms with E-state index in [1.54, 1.807) is 11.3 Å². The van der Waals surface area contributed by atoms with E-state index in [-0.39, 0.29) is 0 Å². The normalized spacial score (nSPS) is 16.9. The molecular weight excluding hydrogens is 278 g/mol. The third kappa shape index (κ3) is 3.19. The van der Waals surface area contributed by atoms with Crippen LogP contribution >= 0.6 is 22.9 Å². The molecule has 0 unspecified atom stereocenters. The Balaban J connectivity index is 1.70. The minimum Gasteiger partial charge on any atom is -0.329 e. The highest BCUT2D eigenvalue weighted by Crippen LogP contribution is 2.27. The number of aryl methyl sites for hydroxylation is 1. The van der Waals surface area contributed by atoms with Gasteiger partial charge in [-0.2, -0.15) is 0 Å². The van der Waals surface area contributed by atoms with Crippen molar-refractivity contribution in [1.82, 2.24) is 14.9 Å². The van der Waals surface area contributed by atoms with Gasteiger partial charge in [-0.05, 0) is 49.7 Å². The number of thiophene rings is 1. The lowest BCUT2D eigenvalue weighted by molar-refractivity contribution is 0.338. The van der Waals surface area contributed by atoms with Crippen molar-refractivity contribution < 1.29 is 0 Å². The summed E-state index contributed by atoms with van der Waals surface area (Å²) in [6, 6.07) is 4.16. The lowest BCUT2D eigenvalue weighted by Crippen LogP contribution is -2.28. The van der Waals surface area contributed by atoms with Gasteiger partial charge < -0.3 is 9.88 Å². The maximum atomic E-state index is 6.07. The zero-order chi connectivity index (χ0) is 13.1. The Morgan fingerprint density at radius 1 is 1.42 bits per heavy atom. The van der Waals surface area contributed by atoms with Gasteiger partial charge in [-0.1, -0.05) is 17.7 Å². The van der Waals surface area contributed by atoms with E-state index in [9.17, 15) is 0 Å². The Morgan fingerprint density at radius 3 is 3.00 bits per heavy atom. The van der Waals surface area contributed by atoms with Crippen LogP contribution in [0, 0.1) is 5.92 Å². The summed E-state index contributed by atoms with van der Waals surface area (Å²) in [5.74, 6) is 1.84. The van der Waals surface area contributed by atoms with E-state index in [1.165, 1.54) is 24.1 Å². The molecule has 102 valence electrons. The van der Waals surface area contributed by atoms with Crippen molar-refractivity contribution in [3.05, 3.63) is 28.9 Å². The predicted molar refractivity (Wildman–Crippen MR) is 80.8 cm³/mol. The monoisotopic (exact) mass is 295 g/mol. The molecule has 2 aromatic rings. The molecule has 1 saturated heterocycles. The van der Waals surface area contributed by atoms with E-state index >= 15 is 0 Å². The van der Waals surface area contributed by atoms with Gasteiger partial charge in [0, 0.05) is 12.7 Å². The van der Waals surface area contributed by atoms with Crippen LogP contribution in [0.2, 0.25) is 5.15 Å². The first kappa shape index (κ1) is 13.2. The van der Waals surface area contributed by atoms with Gasteiger partial charge in [-0.3, -0.25) is 0 Å². The standard InChI is InChI=1S/C14H18ClN3S/c15-13-10-18(8-5-11-3-6-16-7-4-11)14(17-13)12-2-1-9-19-12/h1-2,9-11,16H,3-8H2. The number of aromatic nitrogens is 2. The summed E-state index contributed by atoms with van der Waals surface area (Å²) in [5.41, 5.74) is 0. The van der Waals surface area contributed by atoms with Crippen molar-refractivity contribution in [2.75, 3.05) is 13.1 Å². The maximum Gasteiger partial charge on any atom is 0.151 e. The third-order valence-electron chi connectivity index (χ3n) is 3.73. The number of nitrogens with one attached hydrogen (secondary N) is 1. The van der Waals surface area contributed by atoms with E-state index in [2.05, 4.69) is 32.4 Å². The van der Waals surface area contributed by atoms with Crippen LogP contribution in [0.4, 0.5) is 0 Å². The van der Waals surface area contributed by atoms with Crippen LogP contribution in [0.5, 0.6) is 0 Å². The molecule has 0 saturated carbocycles. The largest absolute Gasteiger partial charge is 0.329 e. The molecule has 3 rings (SSSR count). The molecule has 1 N–H and O–H groups in total. The maximum absolute atomic E-state index is 6.07.